The molecule has 4 aromatic rings. The van der Waals surface area contributed by atoms with Crippen LogP contribution in [0.4, 0.5) is 23.8 Å². The van der Waals surface area contributed by atoms with Crippen LogP contribution in [0.2, 0.25) is 5.02 Å². The van der Waals surface area contributed by atoms with Crippen molar-refractivity contribution in [2.75, 3.05) is 11.4 Å². The van der Waals surface area contributed by atoms with Crippen LogP contribution in [0, 0.1) is 5.82 Å². The number of rotatable bonds is 7. The van der Waals surface area contributed by atoms with Gasteiger partial charge in [-0.05, 0) is 47.0 Å². The van der Waals surface area contributed by atoms with Crippen molar-refractivity contribution in [2.45, 2.75) is 32.0 Å². The average Bonchev–Trinajstić information content (AvgIpc) is 3.54. The first kappa shape index (κ1) is 27.8. The van der Waals surface area contributed by atoms with E-state index in [1.165, 1.54) is 35.2 Å². The minimum absolute atomic E-state index is 0.106. The smallest absolute Gasteiger partial charge is 0.329 e. The lowest BCUT2D eigenvalue weighted by Crippen LogP contribution is -2.50. The molecule has 2 aliphatic rings. The number of nitrogens with one attached hydrogen (secondary N) is 1. The number of carbonyl (C=O) groups is 2. The van der Waals surface area contributed by atoms with Crippen molar-refractivity contribution >= 4 is 29.4 Å². The summed E-state index contributed by atoms with van der Waals surface area (Å²) in [6.45, 7) is 0.887. The molecule has 1 atom stereocenters. The molecule has 2 aliphatic heterocycles. The molecular weight excluding hydrogens is 571 g/mol. The summed E-state index contributed by atoms with van der Waals surface area (Å²) in [6, 6.07) is 14.4. The van der Waals surface area contributed by atoms with Crippen LogP contribution in [0.5, 0.6) is 11.5 Å². The van der Waals surface area contributed by atoms with Crippen molar-refractivity contribution in [3.05, 3.63) is 94.4 Å². The average molecular weight is 596 g/mol. The van der Waals surface area contributed by atoms with Crippen molar-refractivity contribution in [2.24, 2.45) is 7.05 Å². The first-order valence-corrected chi connectivity index (χ1v) is 13.6. The Morgan fingerprint density at radius 3 is 2.50 bits per heavy atom. The number of benzene rings is 3. The lowest BCUT2D eigenvalue weighted by molar-refractivity contribution is -0.120. The maximum Gasteiger partial charge on any atom is 0.329 e. The Bertz CT molecular complexity index is 1660. The molecule has 0 saturated carbocycles. The van der Waals surface area contributed by atoms with Gasteiger partial charge in [0.15, 0.2) is 11.6 Å². The molecular formula is C30H25ClF3N5O3. The third kappa shape index (κ3) is 5.21. The first-order valence-electron chi connectivity index (χ1n) is 13.2. The Kier molecular flexibility index (Phi) is 7.38. The number of carbonyl (C=O) groups excluding carboxylic acids is 2. The number of aromatic nitrogens is 2. The van der Waals surface area contributed by atoms with E-state index in [-0.39, 0.29) is 35.4 Å². The van der Waals surface area contributed by atoms with Gasteiger partial charge in [0.1, 0.15) is 17.4 Å². The summed E-state index contributed by atoms with van der Waals surface area (Å²) < 4.78 is 50.3. The number of fused-ring (bicyclic) bond motifs is 1. The van der Waals surface area contributed by atoms with Gasteiger partial charge in [0.2, 0.25) is 5.91 Å². The van der Waals surface area contributed by atoms with E-state index in [1.807, 2.05) is 18.2 Å². The molecule has 1 aromatic heterocycles. The summed E-state index contributed by atoms with van der Waals surface area (Å²) in [5, 5.41) is 2.41. The fourth-order valence-electron chi connectivity index (χ4n) is 5.41. The zero-order valence-electron chi connectivity index (χ0n) is 22.4. The Morgan fingerprint density at radius 1 is 1.02 bits per heavy atom. The van der Waals surface area contributed by atoms with Crippen molar-refractivity contribution in [3.8, 4) is 22.9 Å². The van der Waals surface area contributed by atoms with Gasteiger partial charge in [-0.3, -0.25) is 19.9 Å². The van der Waals surface area contributed by atoms with E-state index < -0.39 is 24.3 Å². The van der Waals surface area contributed by atoms with Gasteiger partial charge in [-0.25, -0.2) is 22.9 Å². The minimum Gasteiger partial charge on any atom is -0.453 e. The number of hydrogen-bond acceptors (Lipinski definition) is 5. The van der Waals surface area contributed by atoms with Crippen molar-refractivity contribution in [1.82, 2.24) is 19.8 Å². The van der Waals surface area contributed by atoms with Crippen molar-refractivity contribution in [1.29, 1.82) is 0 Å². The Labute approximate surface area is 244 Å². The molecule has 3 aromatic carbocycles. The predicted octanol–water partition coefficient (Wildman–Crippen LogP) is 6.44. The molecule has 3 amide bonds. The van der Waals surface area contributed by atoms with Gasteiger partial charge in [0.25, 0.3) is 6.43 Å². The Balaban J connectivity index is 1.20. The number of ether oxygens (including phenoxy) is 1. The molecule has 0 aliphatic carbocycles. The number of alkyl halides is 2. The van der Waals surface area contributed by atoms with Crippen LogP contribution in [-0.2, 0) is 24.9 Å². The summed E-state index contributed by atoms with van der Waals surface area (Å²) in [6.07, 6.45) is -0.891. The molecule has 0 spiro atoms. The monoisotopic (exact) mass is 595 g/mol. The van der Waals surface area contributed by atoms with Crippen LogP contribution in [-0.4, -0.2) is 39.4 Å². The van der Waals surface area contributed by atoms with Crippen LogP contribution < -0.4 is 15.0 Å². The van der Waals surface area contributed by atoms with Crippen molar-refractivity contribution < 1.29 is 27.5 Å². The third-order valence-electron chi connectivity index (χ3n) is 7.50. The number of amides is 3. The first-order chi connectivity index (χ1) is 20.2. The summed E-state index contributed by atoms with van der Waals surface area (Å²) in [5.74, 6) is 0.349. The number of nitrogens with zero attached hydrogens (tertiary/aromatic N) is 4. The van der Waals surface area contributed by atoms with Crippen LogP contribution in [0.25, 0.3) is 11.4 Å². The predicted molar refractivity (Wildman–Crippen MR) is 150 cm³/mol. The van der Waals surface area contributed by atoms with Gasteiger partial charge >= 0.3 is 6.03 Å². The maximum absolute atomic E-state index is 14.4. The van der Waals surface area contributed by atoms with Gasteiger partial charge in [0, 0.05) is 38.7 Å². The number of hydrogen-bond donors (Lipinski definition) is 1. The van der Waals surface area contributed by atoms with E-state index in [9.17, 15) is 22.8 Å². The number of imide groups is 1. The molecule has 3 heterocycles. The normalized spacial score (nSPS) is 16.1. The number of urea groups is 1. The minimum atomic E-state index is -2.66. The fourth-order valence-corrected chi connectivity index (χ4v) is 5.61. The standard InChI is InChI=1S/C30H25ClF3N5O3/c1-37-25(39-12-11-24(40)36-30(39)41)14-35-29(37)18-5-6-19-15-38(16-20(19)13-18)26(28(33)34)17-7-9-21(10-8-17)42-27-22(31)3-2-4-23(27)32/h2-10,13-14,26,28H,11-12,15-16H2,1H3,(H,36,40,41). The van der Waals surface area contributed by atoms with E-state index >= 15 is 0 Å². The molecule has 0 radical (unpaired) electrons. The highest BCUT2D eigenvalue weighted by Gasteiger charge is 2.34. The van der Waals surface area contributed by atoms with Crippen molar-refractivity contribution in [3.63, 3.8) is 0 Å². The molecule has 0 bridgehead atoms. The fraction of sp³-hybridized carbons (Fsp3) is 0.233. The van der Waals surface area contributed by atoms with Gasteiger partial charge in [-0.2, -0.15) is 0 Å². The molecule has 42 heavy (non-hydrogen) atoms. The topological polar surface area (TPSA) is 79.7 Å². The molecule has 1 fully saturated rings. The number of anilines is 1. The SMILES string of the molecule is Cn1c(N2CCC(=O)NC2=O)cnc1-c1ccc2c(c1)CN(C(c1ccc(Oc3c(F)cccc3Cl)cc1)C(F)F)C2. The molecule has 12 heteroatoms. The zero-order valence-corrected chi connectivity index (χ0v) is 23.1. The van der Waals surface area contributed by atoms with Gasteiger partial charge in [0.05, 0.1) is 17.3 Å². The Hall–Kier alpha value is -4.35. The van der Waals surface area contributed by atoms with E-state index in [0.29, 0.717) is 30.3 Å². The van der Waals surface area contributed by atoms with Crippen LogP contribution in [0.1, 0.15) is 29.2 Å². The largest absolute Gasteiger partial charge is 0.453 e. The van der Waals surface area contributed by atoms with Gasteiger partial charge in [-0.15, -0.1) is 0 Å². The van der Waals surface area contributed by atoms with E-state index in [4.69, 9.17) is 16.3 Å². The zero-order chi connectivity index (χ0) is 29.5. The second kappa shape index (κ2) is 11.1. The molecule has 1 unspecified atom stereocenters. The highest BCUT2D eigenvalue weighted by molar-refractivity contribution is 6.32. The third-order valence-corrected chi connectivity index (χ3v) is 7.80. The summed E-state index contributed by atoms with van der Waals surface area (Å²) in [7, 11) is 1.78. The van der Waals surface area contributed by atoms with Crippen LogP contribution in [0.3, 0.4) is 0 Å². The number of para-hydroxylation sites is 1. The maximum atomic E-state index is 14.4. The van der Waals surface area contributed by atoms with E-state index in [0.717, 1.165) is 16.7 Å². The highest BCUT2D eigenvalue weighted by Crippen LogP contribution is 2.38. The second-order valence-electron chi connectivity index (χ2n) is 10.1. The molecule has 6 rings (SSSR count). The Morgan fingerprint density at radius 2 is 1.79 bits per heavy atom. The lowest BCUT2D eigenvalue weighted by atomic mass is 10.1. The molecule has 1 N–H and O–H groups in total. The number of halogens is 4. The van der Waals surface area contributed by atoms with Crippen LogP contribution in [0.15, 0.2) is 66.9 Å². The van der Waals surface area contributed by atoms with E-state index in [1.54, 1.807) is 34.8 Å². The summed E-state index contributed by atoms with van der Waals surface area (Å²) in [4.78, 5) is 31.5. The van der Waals surface area contributed by atoms with Gasteiger partial charge < -0.3 is 9.30 Å². The number of imidazole rings is 1. The van der Waals surface area contributed by atoms with E-state index in [2.05, 4.69) is 10.3 Å². The molecule has 8 nitrogen and oxygen atoms in total. The quantitative estimate of drug-likeness (QED) is 0.266. The summed E-state index contributed by atoms with van der Waals surface area (Å²) >= 11 is 6.03. The lowest BCUT2D eigenvalue weighted by Gasteiger charge is -2.27. The van der Waals surface area contributed by atoms with Gasteiger partial charge in [-0.1, -0.05) is 41.9 Å². The van der Waals surface area contributed by atoms with Crippen LogP contribution >= 0.6 is 11.6 Å². The molecule has 1 saturated heterocycles. The highest BCUT2D eigenvalue weighted by atomic mass is 35.5. The second-order valence-corrected chi connectivity index (χ2v) is 10.6. The molecule has 216 valence electrons. The summed E-state index contributed by atoms with van der Waals surface area (Å²) in [5.41, 5.74) is 3.01.